The van der Waals surface area contributed by atoms with Crippen molar-refractivity contribution in [3.05, 3.63) is 21.9 Å². The Kier molecular flexibility index (Phi) is 2.23. The zero-order valence-corrected chi connectivity index (χ0v) is 8.71. The molecule has 1 aliphatic rings. The van der Waals surface area contributed by atoms with E-state index in [9.17, 15) is 4.79 Å². The maximum Gasteiger partial charge on any atom is 0.326 e. The number of aromatic amines is 1. The first-order valence-electron chi connectivity index (χ1n) is 5.13. The molecule has 0 radical (unpaired) electrons. The van der Waals surface area contributed by atoms with Crippen LogP contribution in [0.15, 0.2) is 4.79 Å². The fraction of sp³-hybridized carbons (Fsp3) is 0.700. The predicted molar refractivity (Wildman–Crippen MR) is 55.4 cm³/mol. The van der Waals surface area contributed by atoms with Crippen LogP contribution >= 0.6 is 0 Å². The van der Waals surface area contributed by atoms with Crippen LogP contribution in [0.3, 0.4) is 0 Å². The lowest BCUT2D eigenvalue weighted by Gasteiger charge is -2.12. The van der Waals surface area contributed by atoms with E-state index >= 15 is 0 Å². The van der Waals surface area contributed by atoms with E-state index in [-0.39, 0.29) is 11.7 Å². The third-order valence-electron chi connectivity index (χ3n) is 3.23. The van der Waals surface area contributed by atoms with Gasteiger partial charge in [0.05, 0.1) is 0 Å². The first kappa shape index (κ1) is 9.52. The number of aromatic nitrogens is 2. The summed E-state index contributed by atoms with van der Waals surface area (Å²) in [6.45, 7) is 3.92. The molecule has 0 aliphatic heterocycles. The quantitative estimate of drug-likeness (QED) is 0.697. The number of nitrogens with zero attached hydrogens (tertiary/aromatic N) is 1. The average Bonchev–Trinajstić information content (AvgIpc) is 2.60. The standard InChI is InChI=1S/C10H17N3O/c1-6-7(2)13(10(14)12-6)9-4-3-8(11)5-9/h8-9H,3-5,11H2,1-2H3,(H,12,14). The van der Waals surface area contributed by atoms with E-state index in [1.165, 1.54) is 0 Å². The maximum absolute atomic E-state index is 11.6. The summed E-state index contributed by atoms with van der Waals surface area (Å²) < 4.78 is 1.86. The van der Waals surface area contributed by atoms with Crippen LogP contribution in [0.1, 0.15) is 36.7 Å². The van der Waals surface area contributed by atoms with Crippen molar-refractivity contribution in [2.75, 3.05) is 0 Å². The molecule has 1 aliphatic carbocycles. The summed E-state index contributed by atoms with van der Waals surface area (Å²) in [7, 11) is 0. The van der Waals surface area contributed by atoms with Gasteiger partial charge in [-0.3, -0.25) is 4.57 Å². The number of hydrogen-bond donors (Lipinski definition) is 2. The molecule has 14 heavy (non-hydrogen) atoms. The minimum Gasteiger partial charge on any atom is -0.328 e. The first-order valence-corrected chi connectivity index (χ1v) is 5.13. The van der Waals surface area contributed by atoms with Crippen LogP contribution in [0.5, 0.6) is 0 Å². The van der Waals surface area contributed by atoms with Gasteiger partial charge >= 0.3 is 5.69 Å². The second kappa shape index (κ2) is 3.28. The van der Waals surface area contributed by atoms with Crippen molar-refractivity contribution >= 4 is 0 Å². The number of H-pyrrole nitrogens is 1. The highest BCUT2D eigenvalue weighted by atomic mass is 16.1. The molecule has 0 spiro atoms. The Labute approximate surface area is 83.1 Å². The highest BCUT2D eigenvalue weighted by molar-refractivity contribution is 5.10. The molecule has 0 bridgehead atoms. The van der Waals surface area contributed by atoms with Crippen LogP contribution in [0, 0.1) is 13.8 Å². The minimum absolute atomic E-state index is 0.0131. The van der Waals surface area contributed by atoms with Crippen LogP contribution in [0.2, 0.25) is 0 Å². The predicted octanol–water partition coefficient (Wildman–Crippen LogP) is 0.846. The average molecular weight is 195 g/mol. The second-order valence-corrected chi connectivity index (χ2v) is 4.24. The molecule has 2 rings (SSSR count). The molecule has 1 aromatic rings. The van der Waals surface area contributed by atoms with Crippen molar-refractivity contribution in [3.8, 4) is 0 Å². The fourth-order valence-electron chi connectivity index (χ4n) is 2.31. The van der Waals surface area contributed by atoms with E-state index in [0.29, 0.717) is 6.04 Å². The van der Waals surface area contributed by atoms with Crippen molar-refractivity contribution in [2.24, 2.45) is 5.73 Å². The van der Waals surface area contributed by atoms with Gasteiger partial charge in [-0.25, -0.2) is 4.79 Å². The Bertz CT molecular complexity index is 391. The monoisotopic (exact) mass is 195 g/mol. The third-order valence-corrected chi connectivity index (χ3v) is 3.23. The molecular weight excluding hydrogens is 178 g/mol. The summed E-state index contributed by atoms with van der Waals surface area (Å²) >= 11 is 0. The molecule has 3 N–H and O–H groups in total. The van der Waals surface area contributed by atoms with Gasteiger partial charge in [-0.2, -0.15) is 0 Å². The molecule has 1 saturated carbocycles. The number of imidazole rings is 1. The maximum atomic E-state index is 11.6. The van der Waals surface area contributed by atoms with Crippen LogP contribution in [0.25, 0.3) is 0 Å². The molecule has 0 amide bonds. The SMILES string of the molecule is Cc1[nH]c(=O)n(C2CCC(N)C2)c1C. The van der Waals surface area contributed by atoms with Crippen molar-refractivity contribution in [1.29, 1.82) is 0 Å². The van der Waals surface area contributed by atoms with Gasteiger partial charge in [0.1, 0.15) is 0 Å². The van der Waals surface area contributed by atoms with Gasteiger partial charge in [0.15, 0.2) is 0 Å². The highest BCUT2D eigenvalue weighted by Crippen LogP contribution is 2.28. The zero-order chi connectivity index (χ0) is 10.3. The third kappa shape index (κ3) is 1.39. The van der Waals surface area contributed by atoms with Crippen molar-refractivity contribution < 1.29 is 0 Å². The largest absolute Gasteiger partial charge is 0.328 e. The summed E-state index contributed by atoms with van der Waals surface area (Å²) in [4.78, 5) is 14.5. The van der Waals surface area contributed by atoms with Gasteiger partial charge < -0.3 is 10.7 Å². The molecule has 4 heteroatoms. The molecule has 4 nitrogen and oxygen atoms in total. The number of aryl methyl sites for hydroxylation is 1. The van der Waals surface area contributed by atoms with Gasteiger partial charge in [-0.1, -0.05) is 0 Å². The van der Waals surface area contributed by atoms with Crippen LogP contribution < -0.4 is 11.4 Å². The van der Waals surface area contributed by atoms with Crippen LogP contribution in [-0.2, 0) is 0 Å². The lowest BCUT2D eigenvalue weighted by Crippen LogP contribution is -2.23. The molecule has 2 unspecified atom stereocenters. The van der Waals surface area contributed by atoms with Gasteiger partial charge in [-0.05, 0) is 33.1 Å². The first-order chi connectivity index (χ1) is 6.59. The molecule has 1 fully saturated rings. The number of nitrogens with one attached hydrogen (secondary N) is 1. The summed E-state index contributed by atoms with van der Waals surface area (Å²) in [5, 5.41) is 0. The number of rotatable bonds is 1. The molecule has 0 aromatic carbocycles. The lowest BCUT2D eigenvalue weighted by molar-refractivity contribution is 0.486. The smallest absolute Gasteiger partial charge is 0.326 e. The topological polar surface area (TPSA) is 63.8 Å². The molecule has 78 valence electrons. The van der Waals surface area contributed by atoms with E-state index < -0.39 is 0 Å². The van der Waals surface area contributed by atoms with Crippen LogP contribution in [-0.4, -0.2) is 15.6 Å². The molecule has 1 aromatic heterocycles. The van der Waals surface area contributed by atoms with E-state index in [1.807, 2.05) is 18.4 Å². The highest BCUT2D eigenvalue weighted by Gasteiger charge is 2.25. The Hall–Kier alpha value is -1.03. The van der Waals surface area contributed by atoms with Gasteiger partial charge in [0.2, 0.25) is 0 Å². The van der Waals surface area contributed by atoms with E-state index in [0.717, 1.165) is 30.7 Å². The fourth-order valence-corrected chi connectivity index (χ4v) is 2.31. The molecule has 1 heterocycles. The Balaban J connectivity index is 2.36. The summed E-state index contributed by atoms with van der Waals surface area (Å²) in [6.07, 6.45) is 2.98. The Morgan fingerprint density at radius 3 is 2.57 bits per heavy atom. The zero-order valence-electron chi connectivity index (χ0n) is 8.71. The Morgan fingerprint density at radius 1 is 1.43 bits per heavy atom. The van der Waals surface area contributed by atoms with E-state index in [4.69, 9.17) is 5.73 Å². The van der Waals surface area contributed by atoms with E-state index in [1.54, 1.807) is 0 Å². The van der Waals surface area contributed by atoms with Gasteiger partial charge in [-0.15, -0.1) is 0 Å². The molecular formula is C10H17N3O. The lowest BCUT2D eigenvalue weighted by atomic mass is 10.2. The summed E-state index contributed by atoms with van der Waals surface area (Å²) in [6, 6.07) is 0.573. The normalized spacial score (nSPS) is 27.1. The summed E-state index contributed by atoms with van der Waals surface area (Å²) in [5.41, 5.74) is 7.88. The molecule has 0 saturated heterocycles. The van der Waals surface area contributed by atoms with Gasteiger partial charge in [0, 0.05) is 23.5 Å². The summed E-state index contributed by atoms with van der Waals surface area (Å²) in [5.74, 6) is 0. The molecule has 2 atom stereocenters. The van der Waals surface area contributed by atoms with Crippen molar-refractivity contribution in [2.45, 2.75) is 45.2 Å². The van der Waals surface area contributed by atoms with Crippen molar-refractivity contribution in [1.82, 2.24) is 9.55 Å². The minimum atomic E-state index is 0.0131. The van der Waals surface area contributed by atoms with E-state index in [2.05, 4.69) is 4.98 Å². The Morgan fingerprint density at radius 2 is 2.14 bits per heavy atom. The number of hydrogen-bond acceptors (Lipinski definition) is 2. The van der Waals surface area contributed by atoms with Crippen molar-refractivity contribution in [3.63, 3.8) is 0 Å². The van der Waals surface area contributed by atoms with Crippen LogP contribution in [0.4, 0.5) is 0 Å². The number of nitrogens with two attached hydrogens (primary N) is 1. The van der Waals surface area contributed by atoms with Gasteiger partial charge in [0.25, 0.3) is 0 Å². The second-order valence-electron chi connectivity index (χ2n) is 4.24.